The fraction of sp³-hybridized carbons (Fsp3) is 0. The van der Waals surface area contributed by atoms with E-state index in [1.807, 2.05) is 0 Å². The van der Waals surface area contributed by atoms with Crippen molar-refractivity contribution in [1.29, 1.82) is 0 Å². The Morgan fingerprint density at radius 2 is 1.87 bits per heavy atom. The third-order valence-corrected chi connectivity index (χ3v) is 2.80. The van der Waals surface area contributed by atoms with Gasteiger partial charge >= 0.3 is 0 Å². The Kier molecular flexibility index (Phi) is 4.05. The molecule has 0 bridgehead atoms. The second-order valence-electron chi connectivity index (χ2n) is 4.41. The van der Waals surface area contributed by atoms with Gasteiger partial charge in [-0.15, -0.1) is 0 Å². The van der Waals surface area contributed by atoms with E-state index in [-0.39, 0.29) is 11.5 Å². The molecule has 0 aliphatic rings. The number of carbonyl (C=O) groups excluding carboxylic acids is 2. The van der Waals surface area contributed by atoms with Crippen LogP contribution in [0.4, 0.5) is 11.5 Å². The summed E-state index contributed by atoms with van der Waals surface area (Å²) in [6, 6.07) is 6.34. The van der Waals surface area contributed by atoms with Crippen molar-refractivity contribution in [2.24, 2.45) is 0 Å². The van der Waals surface area contributed by atoms with Gasteiger partial charge in [-0.3, -0.25) is 14.6 Å². The molecular weight excluding hydrogens is 298 g/mol. The van der Waals surface area contributed by atoms with Crippen LogP contribution in [0.15, 0.2) is 59.7 Å². The van der Waals surface area contributed by atoms with E-state index in [1.165, 1.54) is 31.1 Å². The molecule has 0 atom stereocenters. The second kappa shape index (κ2) is 6.48. The molecule has 0 fully saturated rings. The largest absolute Gasteiger partial charge is 0.459 e. The molecule has 0 aromatic carbocycles. The lowest BCUT2D eigenvalue weighted by Gasteiger charge is -2.06. The van der Waals surface area contributed by atoms with Crippen molar-refractivity contribution >= 4 is 23.3 Å². The summed E-state index contributed by atoms with van der Waals surface area (Å²) in [5.74, 6) is -0.276. The number of carbonyl (C=O) groups is 2. The number of anilines is 2. The monoisotopic (exact) mass is 309 g/mol. The Morgan fingerprint density at radius 3 is 2.52 bits per heavy atom. The van der Waals surface area contributed by atoms with Crippen LogP contribution in [0.2, 0.25) is 0 Å². The standard InChI is InChI=1S/C15H11N5O3/c21-14(11-9-16-5-6-17-11)19-10-3-4-13(18-8-10)20-15(22)12-2-1-7-23-12/h1-9H,(H,19,21)(H,18,20,22). The van der Waals surface area contributed by atoms with Gasteiger partial charge in [0.2, 0.25) is 0 Å². The molecule has 0 aliphatic heterocycles. The minimum absolute atomic E-state index is 0.187. The number of amides is 2. The van der Waals surface area contributed by atoms with Crippen LogP contribution >= 0.6 is 0 Å². The molecule has 114 valence electrons. The number of hydrogen-bond donors (Lipinski definition) is 2. The number of pyridine rings is 1. The molecule has 3 heterocycles. The quantitative estimate of drug-likeness (QED) is 0.762. The fourth-order valence-electron chi connectivity index (χ4n) is 1.74. The van der Waals surface area contributed by atoms with Crippen LogP contribution < -0.4 is 10.6 Å². The van der Waals surface area contributed by atoms with Crippen molar-refractivity contribution in [3.05, 3.63) is 66.8 Å². The van der Waals surface area contributed by atoms with Crippen LogP contribution in [0.1, 0.15) is 21.0 Å². The van der Waals surface area contributed by atoms with Gasteiger partial charge in [0.15, 0.2) is 5.76 Å². The molecule has 2 amide bonds. The van der Waals surface area contributed by atoms with E-state index in [0.717, 1.165) is 0 Å². The lowest BCUT2D eigenvalue weighted by molar-refractivity contribution is 0.0993. The van der Waals surface area contributed by atoms with Crippen LogP contribution in [-0.4, -0.2) is 26.8 Å². The molecule has 8 nitrogen and oxygen atoms in total. The molecule has 0 unspecified atom stereocenters. The van der Waals surface area contributed by atoms with E-state index in [2.05, 4.69) is 25.6 Å². The van der Waals surface area contributed by atoms with E-state index < -0.39 is 11.8 Å². The summed E-state index contributed by atoms with van der Waals surface area (Å²) in [7, 11) is 0. The summed E-state index contributed by atoms with van der Waals surface area (Å²) >= 11 is 0. The highest BCUT2D eigenvalue weighted by Crippen LogP contribution is 2.12. The maximum Gasteiger partial charge on any atom is 0.292 e. The van der Waals surface area contributed by atoms with Gasteiger partial charge in [-0.1, -0.05) is 0 Å². The molecule has 2 N–H and O–H groups in total. The van der Waals surface area contributed by atoms with Crippen LogP contribution in [0.5, 0.6) is 0 Å². The molecule has 23 heavy (non-hydrogen) atoms. The highest BCUT2D eigenvalue weighted by molar-refractivity contribution is 6.03. The van der Waals surface area contributed by atoms with Gasteiger partial charge in [-0.25, -0.2) is 9.97 Å². The maximum absolute atomic E-state index is 11.9. The number of nitrogens with one attached hydrogen (secondary N) is 2. The van der Waals surface area contributed by atoms with Gasteiger partial charge in [-0.2, -0.15) is 0 Å². The highest BCUT2D eigenvalue weighted by atomic mass is 16.3. The molecule has 0 radical (unpaired) electrons. The summed E-state index contributed by atoms with van der Waals surface area (Å²) in [5, 5.41) is 5.21. The van der Waals surface area contributed by atoms with Crippen molar-refractivity contribution in [2.75, 3.05) is 10.6 Å². The minimum atomic E-state index is -0.404. The number of nitrogens with zero attached hydrogens (tertiary/aromatic N) is 3. The molecule has 8 heteroatoms. The van der Waals surface area contributed by atoms with Gasteiger partial charge in [0.1, 0.15) is 11.5 Å². The molecule has 3 rings (SSSR count). The van der Waals surface area contributed by atoms with Crippen molar-refractivity contribution < 1.29 is 14.0 Å². The molecule has 0 saturated heterocycles. The van der Waals surface area contributed by atoms with Gasteiger partial charge in [0.05, 0.1) is 24.3 Å². The van der Waals surface area contributed by atoms with Crippen LogP contribution in [-0.2, 0) is 0 Å². The molecule has 3 aromatic rings. The van der Waals surface area contributed by atoms with Gasteiger partial charge < -0.3 is 15.1 Å². The lowest BCUT2D eigenvalue weighted by atomic mass is 10.3. The maximum atomic E-state index is 11.9. The van der Waals surface area contributed by atoms with Crippen LogP contribution in [0.3, 0.4) is 0 Å². The zero-order chi connectivity index (χ0) is 16.1. The first kappa shape index (κ1) is 14.4. The predicted octanol–water partition coefficient (Wildman–Crippen LogP) is 1.97. The normalized spacial score (nSPS) is 10.1. The van der Waals surface area contributed by atoms with E-state index in [4.69, 9.17) is 4.42 Å². The van der Waals surface area contributed by atoms with Gasteiger partial charge in [-0.05, 0) is 24.3 Å². The summed E-state index contributed by atoms with van der Waals surface area (Å²) in [6.07, 6.45) is 7.11. The molecule has 0 aliphatic carbocycles. The molecular formula is C15H11N5O3. The van der Waals surface area contributed by atoms with Crippen molar-refractivity contribution in [3.63, 3.8) is 0 Å². The van der Waals surface area contributed by atoms with Crippen molar-refractivity contribution in [1.82, 2.24) is 15.0 Å². The van der Waals surface area contributed by atoms with Crippen molar-refractivity contribution in [3.8, 4) is 0 Å². The molecule has 3 aromatic heterocycles. The zero-order valence-electron chi connectivity index (χ0n) is 11.8. The lowest BCUT2D eigenvalue weighted by Crippen LogP contribution is -2.15. The first-order valence-corrected chi connectivity index (χ1v) is 6.60. The Morgan fingerprint density at radius 1 is 0.957 bits per heavy atom. The van der Waals surface area contributed by atoms with Crippen LogP contribution in [0.25, 0.3) is 0 Å². The number of hydrogen-bond acceptors (Lipinski definition) is 6. The highest BCUT2D eigenvalue weighted by Gasteiger charge is 2.10. The number of aromatic nitrogens is 3. The minimum Gasteiger partial charge on any atom is -0.459 e. The summed E-state index contributed by atoms with van der Waals surface area (Å²) < 4.78 is 4.98. The Hall–Kier alpha value is -3.55. The summed E-state index contributed by atoms with van der Waals surface area (Å²) in [4.78, 5) is 35.5. The topological polar surface area (TPSA) is 110 Å². The number of rotatable bonds is 4. The second-order valence-corrected chi connectivity index (χ2v) is 4.41. The zero-order valence-corrected chi connectivity index (χ0v) is 11.8. The first-order chi connectivity index (χ1) is 11.2. The molecule has 0 spiro atoms. The van der Waals surface area contributed by atoms with E-state index >= 15 is 0 Å². The number of furan rings is 1. The van der Waals surface area contributed by atoms with Crippen molar-refractivity contribution in [2.45, 2.75) is 0 Å². The SMILES string of the molecule is O=C(Nc1ccc(NC(=O)c2ccco2)nc1)c1cnccn1. The first-order valence-electron chi connectivity index (χ1n) is 6.60. The van der Waals surface area contributed by atoms with E-state index in [1.54, 1.807) is 24.3 Å². The predicted molar refractivity (Wildman–Crippen MR) is 80.9 cm³/mol. The average Bonchev–Trinajstić information content (AvgIpc) is 3.12. The Balaban J connectivity index is 1.63. The van der Waals surface area contributed by atoms with E-state index in [9.17, 15) is 9.59 Å². The third kappa shape index (κ3) is 3.56. The van der Waals surface area contributed by atoms with Gasteiger partial charge in [0, 0.05) is 12.4 Å². The average molecular weight is 309 g/mol. The Labute approximate surface area is 130 Å². The summed E-state index contributed by atoms with van der Waals surface area (Å²) in [6.45, 7) is 0. The smallest absolute Gasteiger partial charge is 0.292 e. The summed E-state index contributed by atoms with van der Waals surface area (Å²) in [5.41, 5.74) is 0.666. The van der Waals surface area contributed by atoms with Crippen LogP contribution in [0, 0.1) is 0 Å². The Bertz CT molecular complexity index is 801. The third-order valence-electron chi connectivity index (χ3n) is 2.80. The van der Waals surface area contributed by atoms with Gasteiger partial charge in [0.25, 0.3) is 11.8 Å². The van der Waals surface area contributed by atoms with E-state index in [0.29, 0.717) is 11.5 Å². The fourth-order valence-corrected chi connectivity index (χ4v) is 1.74. The molecule has 0 saturated carbocycles.